The number of hydrogen-bond donors (Lipinski definition) is 1. The zero-order valence-electron chi connectivity index (χ0n) is 8.31. The summed E-state index contributed by atoms with van der Waals surface area (Å²) in [6.45, 7) is 0.745. The van der Waals surface area contributed by atoms with Crippen molar-refractivity contribution in [1.29, 1.82) is 0 Å². The van der Waals surface area contributed by atoms with Gasteiger partial charge in [0, 0.05) is 23.9 Å². The molecule has 2 aromatic rings. The van der Waals surface area contributed by atoms with Gasteiger partial charge in [0.1, 0.15) is 0 Å². The van der Waals surface area contributed by atoms with Crippen LogP contribution < -0.4 is 5.32 Å². The van der Waals surface area contributed by atoms with Crippen molar-refractivity contribution in [3.8, 4) is 0 Å². The van der Waals surface area contributed by atoms with E-state index in [1.54, 1.807) is 18.7 Å². The second-order valence-electron chi connectivity index (χ2n) is 3.24. The zero-order valence-corrected chi connectivity index (χ0v) is 9.90. The van der Waals surface area contributed by atoms with E-state index in [-0.39, 0.29) is 0 Å². The molecule has 0 atom stereocenters. The van der Waals surface area contributed by atoms with Crippen LogP contribution in [0.15, 0.2) is 35.5 Å². The molecule has 0 radical (unpaired) electrons. The Morgan fingerprint density at radius 2 is 2.20 bits per heavy atom. The molecule has 0 spiro atoms. The smallest absolute Gasteiger partial charge is 0.0946 e. The van der Waals surface area contributed by atoms with E-state index >= 15 is 0 Å². The lowest BCUT2D eigenvalue weighted by Gasteiger charge is -2.06. The van der Waals surface area contributed by atoms with Crippen molar-refractivity contribution >= 4 is 21.6 Å². The molecule has 0 saturated heterocycles. The van der Waals surface area contributed by atoms with E-state index in [2.05, 4.69) is 31.2 Å². The fraction of sp³-hybridized carbons (Fsp3) is 0.200. The summed E-state index contributed by atoms with van der Waals surface area (Å²) >= 11 is 3.38. The van der Waals surface area contributed by atoms with Gasteiger partial charge in [0.25, 0.3) is 0 Å². The summed E-state index contributed by atoms with van der Waals surface area (Å²) < 4.78 is 2.95. The van der Waals surface area contributed by atoms with E-state index in [1.165, 1.54) is 0 Å². The molecule has 4 nitrogen and oxygen atoms in total. The van der Waals surface area contributed by atoms with Crippen molar-refractivity contribution in [1.82, 2.24) is 14.5 Å². The molecule has 0 aliphatic heterocycles. The second-order valence-corrected chi connectivity index (χ2v) is 4.16. The van der Waals surface area contributed by atoms with Crippen molar-refractivity contribution in [2.24, 2.45) is 7.05 Å². The molecule has 15 heavy (non-hydrogen) atoms. The van der Waals surface area contributed by atoms with Crippen LogP contribution in [0.2, 0.25) is 0 Å². The van der Waals surface area contributed by atoms with E-state index in [1.807, 2.05) is 23.9 Å². The Bertz CT molecular complexity index is 452. The number of anilines is 1. The Morgan fingerprint density at radius 3 is 2.87 bits per heavy atom. The van der Waals surface area contributed by atoms with Gasteiger partial charge in [-0.1, -0.05) is 0 Å². The number of nitrogens with one attached hydrogen (secondary N) is 1. The first-order chi connectivity index (χ1) is 7.25. The highest BCUT2D eigenvalue weighted by atomic mass is 79.9. The zero-order chi connectivity index (χ0) is 10.7. The predicted octanol–water partition coefficient (Wildman–Crippen LogP) is 2.19. The van der Waals surface area contributed by atoms with Gasteiger partial charge in [0.2, 0.25) is 0 Å². The standard InChI is InChI=1S/C10H11BrN4/c1-15-7-13-5-10(15)6-14-9-2-8(11)3-12-4-9/h2-5,7,14H,6H2,1H3. The van der Waals surface area contributed by atoms with Gasteiger partial charge in [-0.15, -0.1) is 0 Å². The number of aryl methyl sites for hydroxylation is 1. The third-order valence-electron chi connectivity index (χ3n) is 2.09. The maximum Gasteiger partial charge on any atom is 0.0946 e. The van der Waals surface area contributed by atoms with Gasteiger partial charge < -0.3 is 9.88 Å². The average Bonchev–Trinajstić information content (AvgIpc) is 2.61. The van der Waals surface area contributed by atoms with Gasteiger partial charge in [-0.25, -0.2) is 4.98 Å². The van der Waals surface area contributed by atoms with Crippen LogP contribution in [-0.2, 0) is 13.6 Å². The van der Waals surface area contributed by atoms with Crippen molar-refractivity contribution in [2.45, 2.75) is 6.54 Å². The number of aromatic nitrogens is 3. The maximum absolute atomic E-state index is 4.07. The minimum Gasteiger partial charge on any atom is -0.378 e. The fourth-order valence-corrected chi connectivity index (χ4v) is 1.62. The lowest BCUT2D eigenvalue weighted by molar-refractivity contribution is 0.837. The lowest BCUT2D eigenvalue weighted by atomic mass is 10.4. The van der Waals surface area contributed by atoms with Crippen LogP contribution in [0, 0.1) is 0 Å². The summed E-state index contributed by atoms with van der Waals surface area (Å²) in [6, 6.07) is 1.99. The molecule has 78 valence electrons. The molecule has 0 amide bonds. The van der Waals surface area contributed by atoms with Gasteiger partial charge in [0.05, 0.1) is 30.5 Å². The molecule has 0 aliphatic rings. The molecule has 5 heteroatoms. The van der Waals surface area contributed by atoms with Crippen LogP contribution in [0.4, 0.5) is 5.69 Å². The molecule has 0 bridgehead atoms. The molecule has 2 aromatic heterocycles. The molecular formula is C10H11BrN4. The van der Waals surface area contributed by atoms with E-state index in [0.29, 0.717) is 0 Å². The molecule has 1 N–H and O–H groups in total. The van der Waals surface area contributed by atoms with Crippen LogP contribution >= 0.6 is 15.9 Å². The van der Waals surface area contributed by atoms with Crippen LogP contribution in [0.1, 0.15) is 5.69 Å². The highest BCUT2D eigenvalue weighted by Crippen LogP contribution is 2.14. The van der Waals surface area contributed by atoms with Crippen molar-refractivity contribution in [2.75, 3.05) is 5.32 Å². The van der Waals surface area contributed by atoms with E-state index in [4.69, 9.17) is 0 Å². The van der Waals surface area contributed by atoms with E-state index in [9.17, 15) is 0 Å². The summed E-state index contributed by atoms with van der Waals surface area (Å²) in [5.41, 5.74) is 2.13. The summed E-state index contributed by atoms with van der Waals surface area (Å²) in [4.78, 5) is 8.12. The van der Waals surface area contributed by atoms with Crippen molar-refractivity contribution in [3.05, 3.63) is 41.2 Å². The van der Waals surface area contributed by atoms with Gasteiger partial charge in [-0.2, -0.15) is 0 Å². The van der Waals surface area contributed by atoms with Crippen LogP contribution in [-0.4, -0.2) is 14.5 Å². The predicted molar refractivity (Wildman–Crippen MR) is 62.5 cm³/mol. The van der Waals surface area contributed by atoms with Gasteiger partial charge in [0.15, 0.2) is 0 Å². The summed E-state index contributed by atoms with van der Waals surface area (Å²) in [6.07, 6.45) is 7.19. The molecule has 2 rings (SSSR count). The third-order valence-corrected chi connectivity index (χ3v) is 2.53. The van der Waals surface area contributed by atoms with E-state index in [0.717, 1.165) is 22.4 Å². The first-order valence-corrected chi connectivity index (χ1v) is 5.34. The topological polar surface area (TPSA) is 42.7 Å². The second kappa shape index (κ2) is 4.44. The molecule has 2 heterocycles. The van der Waals surface area contributed by atoms with E-state index < -0.39 is 0 Å². The van der Waals surface area contributed by atoms with Gasteiger partial charge in [-0.05, 0) is 22.0 Å². The van der Waals surface area contributed by atoms with Crippen molar-refractivity contribution in [3.63, 3.8) is 0 Å². The number of rotatable bonds is 3. The van der Waals surface area contributed by atoms with Gasteiger partial charge in [-0.3, -0.25) is 4.98 Å². The Hall–Kier alpha value is -1.36. The average molecular weight is 267 g/mol. The maximum atomic E-state index is 4.07. The molecule has 0 aromatic carbocycles. The molecule has 0 unspecified atom stereocenters. The van der Waals surface area contributed by atoms with Gasteiger partial charge >= 0.3 is 0 Å². The van der Waals surface area contributed by atoms with Crippen LogP contribution in [0.3, 0.4) is 0 Å². The number of hydrogen-bond acceptors (Lipinski definition) is 3. The third kappa shape index (κ3) is 2.56. The normalized spacial score (nSPS) is 10.3. The highest BCUT2D eigenvalue weighted by Gasteiger charge is 1.98. The number of halogens is 1. The Balaban J connectivity index is 2.02. The Kier molecular flexibility index (Phi) is 3.01. The first kappa shape index (κ1) is 10.2. The minimum atomic E-state index is 0.745. The monoisotopic (exact) mass is 266 g/mol. The Morgan fingerprint density at radius 1 is 1.33 bits per heavy atom. The number of nitrogens with zero attached hydrogens (tertiary/aromatic N) is 3. The quantitative estimate of drug-likeness (QED) is 0.926. The number of pyridine rings is 1. The minimum absolute atomic E-state index is 0.745. The molecular weight excluding hydrogens is 256 g/mol. The fourth-order valence-electron chi connectivity index (χ4n) is 1.26. The first-order valence-electron chi connectivity index (χ1n) is 4.55. The summed E-state index contributed by atoms with van der Waals surface area (Å²) in [5.74, 6) is 0. The van der Waals surface area contributed by atoms with Crippen LogP contribution in [0.5, 0.6) is 0 Å². The van der Waals surface area contributed by atoms with Crippen LogP contribution in [0.25, 0.3) is 0 Å². The number of imidazole rings is 1. The molecule has 0 fully saturated rings. The summed E-state index contributed by atoms with van der Waals surface area (Å²) in [7, 11) is 1.98. The summed E-state index contributed by atoms with van der Waals surface area (Å²) in [5, 5.41) is 3.28. The Labute approximate surface area is 96.5 Å². The SMILES string of the molecule is Cn1cncc1CNc1cncc(Br)c1. The highest BCUT2D eigenvalue weighted by molar-refractivity contribution is 9.10. The lowest BCUT2D eigenvalue weighted by Crippen LogP contribution is -2.04. The molecule has 0 saturated carbocycles. The van der Waals surface area contributed by atoms with Crippen molar-refractivity contribution < 1.29 is 0 Å². The largest absolute Gasteiger partial charge is 0.378 e. The molecule has 0 aliphatic carbocycles.